The van der Waals surface area contributed by atoms with Crippen LogP contribution in [0.4, 0.5) is 0 Å². The molecule has 1 heterocycles. The molecule has 6 heteroatoms. The van der Waals surface area contributed by atoms with Gasteiger partial charge in [0.15, 0.2) is 0 Å². The van der Waals surface area contributed by atoms with Crippen LogP contribution in [0.5, 0.6) is 0 Å². The summed E-state index contributed by atoms with van der Waals surface area (Å²) in [5.41, 5.74) is 0.175. The number of nitrogens with one attached hydrogen (secondary N) is 2. The predicted octanol–water partition coefficient (Wildman–Crippen LogP) is 0.767. The molecule has 0 bridgehead atoms. The molecule has 5 nitrogen and oxygen atoms in total. The van der Waals surface area contributed by atoms with Crippen molar-refractivity contribution in [2.45, 2.75) is 0 Å². The molecule has 0 fully saturated rings. The second kappa shape index (κ2) is 6.65. The quantitative estimate of drug-likeness (QED) is 0.762. The van der Waals surface area contributed by atoms with E-state index in [-0.39, 0.29) is 18.1 Å². The number of amides is 2. The molecule has 1 aromatic rings. The van der Waals surface area contributed by atoms with E-state index in [1.165, 1.54) is 12.3 Å². The van der Waals surface area contributed by atoms with Crippen LogP contribution >= 0.6 is 11.6 Å². The number of hydrogen-bond acceptors (Lipinski definition) is 3. The Morgan fingerprint density at radius 2 is 2.24 bits per heavy atom. The number of pyridine rings is 1. The maximum Gasteiger partial charge on any atom is 0.270 e. The fourth-order valence-corrected chi connectivity index (χ4v) is 1.19. The number of nitrogens with zero attached hydrogens (tertiary/aromatic N) is 1. The van der Waals surface area contributed by atoms with E-state index in [2.05, 4.69) is 22.2 Å². The first-order valence-electron chi connectivity index (χ1n) is 4.91. The predicted molar refractivity (Wildman–Crippen MR) is 64.8 cm³/mol. The minimum absolute atomic E-state index is 0.110. The molecule has 0 saturated carbocycles. The lowest BCUT2D eigenvalue weighted by Crippen LogP contribution is -2.37. The van der Waals surface area contributed by atoms with E-state index in [0.717, 1.165) is 0 Å². The molecule has 0 saturated heterocycles. The summed E-state index contributed by atoms with van der Waals surface area (Å²) >= 11 is 5.71. The van der Waals surface area contributed by atoms with E-state index in [0.29, 0.717) is 11.6 Å². The smallest absolute Gasteiger partial charge is 0.270 e. The van der Waals surface area contributed by atoms with Crippen LogP contribution in [-0.4, -0.2) is 29.9 Å². The van der Waals surface area contributed by atoms with Gasteiger partial charge in [0.2, 0.25) is 5.91 Å². The van der Waals surface area contributed by atoms with Gasteiger partial charge in [-0.1, -0.05) is 17.7 Å². The van der Waals surface area contributed by atoms with Gasteiger partial charge in [-0.05, 0) is 12.1 Å². The molecular formula is C11H12ClN3O2. The summed E-state index contributed by atoms with van der Waals surface area (Å²) in [4.78, 5) is 26.6. The third-order valence-electron chi connectivity index (χ3n) is 1.81. The van der Waals surface area contributed by atoms with Crippen LogP contribution in [0.3, 0.4) is 0 Å². The first kappa shape index (κ1) is 13.2. The molecule has 1 rings (SSSR count). The molecule has 0 atom stereocenters. The Morgan fingerprint density at radius 3 is 2.88 bits per heavy atom. The average Bonchev–Trinajstić information content (AvgIpc) is 2.33. The Kier molecular flexibility index (Phi) is 5.16. The largest absolute Gasteiger partial charge is 0.351 e. The number of carbonyl (C=O) groups is 2. The lowest BCUT2D eigenvalue weighted by Gasteiger charge is -2.04. The third kappa shape index (κ3) is 4.65. The molecule has 1 aromatic heterocycles. The Bertz CT molecular complexity index is 434. The molecule has 0 aromatic carbocycles. The molecule has 17 heavy (non-hydrogen) atoms. The number of hydrogen-bond donors (Lipinski definition) is 2. The highest BCUT2D eigenvalue weighted by Crippen LogP contribution is 2.07. The SMILES string of the molecule is C=CCNC(=O)CNC(=O)c1cc(Cl)ccn1. The van der Waals surface area contributed by atoms with Crippen LogP contribution < -0.4 is 10.6 Å². The molecular weight excluding hydrogens is 242 g/mol. The van der Waals surface area contributed by atoms with Gasteiger partial charge in [0.05, 0.1) is 6.54 Å². The zero-order chi connectivity index (χ0) is 12.7. The lowest BCUT2D eigenvalue weighted by molar-refractivity contribution is -0.119. The maximum absolute atomic E-state index is 11.5. The van der Waals surface area contributed by atoms with Crippen molar-refractivity contribution in [1.29, 1.82) is 0 Å². The molecule has 0 spiro atoms. The highest BCUT2D eigenvalue weighted by atomic mass is 35.5. The van der Waals surface area contributed by atoms with E-state index >= 15 is 0 Å². The second-order valence-corrected chi connectivity index (χ2v) is 3.57. The van der Waals surface area contributed by atoms with Crippen molar-refractivity contribution in [1.82, 2.24) is 15.6 Å². The van der Waals surface area contributed by atoms with Crippen molar-refractivity contribution >= 4 is 23.4 Å². The highest BCUT2D eigenvalue weighted by molar-refractivity contribution is 6.30. The van der Waals surface area contributed by atoms with Gasteiger partial charge < -0.3 is 10.6 Å². The van der Waals surface area contributed by atoms with E-state index in [1.807, 2.05) is 0 Å². The molecule has 0 unspecified atom stereocenters. The Morgan fingerprint density at radius 1 is 1.47 bits per heavy atom. The Balaban J connectivity index is 2.45. The van der Waals surface area contributed by atoms with Gasteiger partial charge in [0.1, 0.15) is 5.69 Å². The summed E-state index contributed by atoms with van der Waals surface area (Å²) in [5.74, 6) is -0.735. The van der Waals surface area contributed by atoms with Crippen LogP contribution in [-0.2, 0) is 4.79 Å². The van der Waals surface area contributed by atoms with Gasteiger partial charge in [-0.25, -0.2) is 0 Å². The Labute approximate surface area is 104 Å². The van der Waals surface area contributed by atoms with Crippen molar-refractivity contribution in [2.24, 2.45) is 0 Å². The molecule has 0 aliphatic rings. The van der Waals surface area contributed by atoms with E-state index in [1.54, 1.807) is 12.1 Å². The summed E-state index contributed by atoms with van der Waals surface area (Å²) < 4.78 is 0. The fourth-order valence-electron chi connectivity index (χ4n) is 1.03. The van der Waals surface area contributed by atoms with Crippen LogP contribution in [0.1, 0.15) is 10.5 Å². The molecule has 2 amide bonds. The van der Waals surface area contributed by atoms with Crippen molar-refractivity contribution in [2.75, 3.05) is 13.1 Å². The van der Waals surface area contributed by atoms with E-state index in [4.69, 9.17) is 11.6 Å². The summed E-state index contributed by atoms with van der Waals surface area (Å²) in [6, 6.07) is 2.99. The number of halogens is 1. The molecule has 90 valence electrons. The van der Waals surface area contributed by atoms with Gasteiger partial charge in [0.25, 0.3) is 5.91 Å². The lowest BCUT2D eigenvalue weighted by atomic mass is 10.3. The second-order valence-electron chi connectivity index (χ2n) is 3.13. The summed E-state index contributed by atoms with van der Waals surface area (Å²) in [5, 5.41) is 5.38. The molecule has 0 aliphatic heterocycles. The van der Waals surface area contributed by atoms with Crippen LogP contribution in [0.15, 0.2) is 31.0 Å². The van der Waals surface area contributed by atoms with Gasteiger partial charge in [-0.3, -0.25) is 14.6 Å². The fraction of sp³-hybridized carbons (Fsp3) is 0.182. The zero-order valence-electron chi connectivity index (χ0n) is 9.07. The minimum atomic E-state index is -0.443. The van der Waals surface area contributed by atoms with Crippen LogP contribution in [0.2, 0.25) is 5.02 Å². The first-order valence-corrected chi connectivity index (χ1v) is 5.28. The molecule has 0 radical (unpaired) electrons. The number of carbonyl (C=O) groups excluding carboxylic acids is 2. The van der Waals surface area contributed by atoms with Crippen molar-refractivity contribution in [3.63, 3.8) is 0 Å². The number of aromatic nitrogens is 1. The Hall–Kier alpha value is -1.88. The first-order chi connectivity index (χ1) is 8.13. The molecule has 2 N–H and O–H groups in total. The average molecular weight is 254 g/mol. The normalized spacial score (nSPS) is 9.47. The summed E-state index contributed by atoms with van der Waals surface area (Å²) in [6.07, 6.45) is 2.98. The van der Waals surface area contributed by atoms with Crippen molar-refractivity contribution in [3.8, 4) is 0 Å². The van der Waals surface area contributed by atoms with Gasteiger partial charge in [0, 0.05) is 17.8 Å². The third-order valence-corrected chi connectivity index (χ3v) is 2.04. The number of rotatable bonds is 5. The molecule has 0 aliphatic carbocycles. The van der Waals surface area contributed by atoms with Gasteiger partial charge in [-0.15, -0.1) is 6.58 Å². The van der Waals surface area contributed by atoms with Gasteiger partial charge in [-0.2, -0.15) is 0 Å². The maximum atomic E-state index is 11.5. The minimum Gasteiger partial charge on any atom is -0.351 e. The highest BCUT2D eigenvalue weighted by Gasteiger charge is 2.08. The van der Waals surface area contributed by atoms with Crippen molar-refractivity contribution < 1.29 is 9.59 Å². The summed E-state index contributed by atoms with van der Waals surface area (Å²) in [7, 11) is 0. The topological polar surface area (TPSA) is 71.1 Å². The monoisotopic (exact) mass is 253 g/mol. The zero-order valence-corrected chi connectivity index (χ0v) is 9.83. The van der Waals surface area contributed by atoms with E-state index < -0.39 is 5.91 Å². The van der Waals surface area contributed by atoms with Crippen LogP contribution in [0.25, 0.3) is 0 Å². The van der Waals surface area contributed by atoms with Crippen LogP contribution in [0, 0.1) is 0 Å². The van der Waals surface area contributed by atoms with Gasteiger partial charge >= 0.3 is 0 Å². The van der Waals surface area contributed by atoms with E-state index in [9.17, 15) is 9.59 Å². The standard InChI is InChI=1S/C11H12ClN3O2/c1-2-4-14-10(16)7-15-11(17)9-6-8(12)3-5-13-9/h2-3,5-6H,1,4,7H2,(H,14,16)(H,15,17). The van der Waals surface area contributed by atoms with Crippen molar-refractivity contribution in [3.05, 3.63) is 41.7 Å². The summed E-state index contributed by atoms with van der Waals surface area (Å²) in [6.45, 7) is 3.71.